The van der Waals surface area contributed by atoms with Crippen molar-refractivity contribution in [3.05, 3.63) is 29.8 Å². The van der Waals surface area contributed by atoms with Crippen LogP contribution in [0.3, 0.4) is 0 Å². The van der Waals surface area contributed by atoms with Crippen molar-refractivity contribution in [2.45, 2.75) is 38.6 Å². The Labute approximate surface area is 145 Å². The van der Waals surface area contributed by atoms with Gasteiger partial charge in [-0.05, 0) is 62.3 Å². The molecule has 0 saturated carbocycles. The Bertz CT molecular complexity index is 472. The predicted molar refractivity (Wildman–Crippen MR) is 100 cm³/mol. The molecule has 1 aromatic carbocycles. The third kappa shape index (κ3) is 5.66. The topological polar surface area (TPSA) is 36.5 Å². The monoisotopic (exact) mass is 335 g/mol. The lowest BCUT2D eigenvalue weighted by atomic mass is 10.0. The third-order valence-corrected chi connectivity index (χ3v) is 4.61. The van der Waals surface area contributed by atoms with E-state index in [9.17, 15) is 0 Å². The molecule has 5 heteroatoms. The fraction of sp³-hybridized carbons (Fsp3) is 0.611. The molecule has 1 aliphatic heterocycles. The van der Waals surface area contributed by atoms with E-state index in [0.29, 0.717) is 6.04 Å². The minimum Gasteiger partial charge on any atom is -0.497 e. The van der Waals surface area contributed by atoms with Crippen molar-refractivity contribution in [2.24, 2.45) is 0 Å². The van der Waals surface area contributed by atoms with Crippen molar-refractivity contribution in [2.75, 3.05) is 33.3 Å². The fourth-order valence-electron chi connectivity index (χ4n) is 3.00. The predicted octanol–water partition coefficient (Wildman–Crippen LogP) is 3.10. The van der Waals surface area contributed by atoms with Crippen molar-refractivity contribution < 1.29 is 4.74 Å². The second-order valence-electron chi connectivity index (χ2n) is 6.02. The molecule has 0 amide bonds. The number of benzene rings is 1. The van der Waals surface area contributed by atoms with E-state index in [0.717, 1.165) is 43.5 Å². The van der Waals surface area contributed by atoms with Gasteiger partial charge in [0.25, 0.3) is 0 Å². The number of nitrogens with zero attached hydrogens (tertiary/aromatic N) is 1. The van der Waals surface area contributed by atoms with Crippen LogP contribution in [0.4, 0.5) is 0 Å². The number of nitrogens with one attached hydrogen (secondary N) is 2. The molecule has 1 fully saturated rings. The highest BCUT2D eigenvalue weighted by molar-refractivity contribution is 7.80. The maximum Gasteiger partial charge on any atom is 0.166 e. The molecule has 0 aliphatic carbocycles. The Kier molecular flexibility index (Phi) is 7.62. The molecule has 0 spiro atoms. The molecule has 1 saturated heterocycles. The first kappa shape index (κ1) is 18.0. The lowest BCUT2D eigenvalue weighted by Crippen LogP contribution is -2.43. The van der Waals surface area contributed by atoms with Crippen molar-refractivity contribution >= 4 is 17.3 Å². The molecule has 1 atom stereocenters. The molecule has 4 nitrogen and oxygen atoms in total. The van der Waals surface area contributed by atoms with Gasteiger partial charge in [-0.25, -0.2) is 0 Å². The van der Waals surface area contributed by atoms with Crippen LogP contribution >= 0.6 is 12.2 Å². The van der Waals surface area contributed by atoms with Crippen LogP contribution in [-0.2, 0) is 0 Å². The standard InChI is InChI=1S/C18H29N3OS/c1-3-11-19-18(23)20-14-17(21-12-5-4-6-13-21)15-7-9-16(22-2)10-8-15/h7-10,17H,3-6,11-14H2,1-2H3,(H2,19,20,23). The smallest absolute Gasteiger partial charge is 0.166 e. The molecule has 2 rings (SSSR count). The number of thiocarbonyl (C=S) groups is 1. The zero-order chi connectivity index (χ0) is 16.5. The van der Waals surface area contributed by atoms with E-state index in [2.05, 4.69) is 34.6 Å². The van der Waals surface area contributed by atoms with Crippen LogP contribution in [0.2, 0.25) is 0 Å². The van der Waals surface area contributed by atoms with Crippen LogP contribution in [-0.4, -0.2) is 43.3 Å². The summed E-state index contributed by atoms with van der Waals surface area (Å²) in [6.07, 6.45) is 4.99. The average Bonchev–Trinajstić information content (AvgIpc) is 2.61. The van der Waals surface area contributed by atoms with Gasteiger partial charge in [0.15, 0.2) is 5.11 Å². The number of hydrogen-bond acceptors (Lipinski definition) is 3. The number of likely N-dealkylation sites (tertiary alicyclic amines) is 1. The van der Waals surface area contributed by atoms with Crippen molar-refractivity contribution in [1.82, 2.24) is 15.5 Å². The maximum absolute atomic E-state index is 5.37. The van der Waals surface area contributed by atoms with Gasteiger partial charge in [-0.2, -0.15) is 0 Å². The Hall–Kier alpha value is -1.33. The quantitative estimate of drug-likeness (QED) is 0.749. The number of rotatable bonds is 7. The number of hydrogen-bond donors (Lipinski definition) is 2. The summed E-state index contributed by atoms with van der Waals surface area (Å²) >= 11 is 5.37. The van der Waals surface area contributed by atoms with E-state index in [1.807, 2.05) is 12.1 Å². The molecule has 0 radical (unpaired) electrons. The van der Waals surface area contributed by atoms with Crippen molar-refractivity contribution in [3.63, 3.8) is 0 Å². The summed E-state index contributed by atoms with van der Waals surface area (Å²) < 4.78 is 5.28. The third-order valence-electron chi connectivity index (χ3n) is 4.32. The highest BCUT2D eigenvalue weighted by atomic mass is 32.1. The molecule has 1 aromatic rings. The Morgan fingerprint density at radius 2 is 1.87 bits per heavy atom. The number of piperidine rings is 1. The van der Waals surface area contributed by atoms with E-state index in [1.54, 1.807) is 7.11 Å². The van der Waals surface area contributed by atoms with Gasteiger partial charge in [-0.1, -0.05) is 25.5 Å². The molecule has 0 bridgehead atoms. The van der Waals surface area contributed by atoms with Crippen LogP contribution in [0.1, 0.15) is 44.2 Å². The van der Waals surface area contributed by atoms with Gasteiger partial charge in [-0.15, -0.1) is 0 Å². The van der Waals surface area contributed by atoms with E-state index in [1.165, 1.54) is 24.8 Å². The molecular weight excluding hydrogens is 306 g/mol. The highest BCUT2D eigenvalue weighted by Gasteiger charge is 2.22. The molecule has 23 heavy (non-hydrogen) atoms. The lowest BCUT2D eigenvalue weighted by molar-refractivity contribution is 0.164. The van der Waals surface area contributed by atoms with Crippen molar-refractivity contribution in [1.29, 1.82) is 0 Å². The summed E-state index contributed by atoms with van der Waals surface area (Å²) in [6, 6.07) is 8.77. The van der Waals surface area contributed by atoms with Crippen LogP contribution in [0.5, 0.6) is 5.75 Å². The Morgan fingerprint density at radius 3 is 2.48 bits per heavy atom. The van der Waals surface area contributed by atoms with E-state index >= 15 is 0 Å². The van der Waals surface area contributed by atoms with Gasteiger partial charge in [0.05, 0.1) is 13.2 Å². The summed E-state index contributed by atoms with van der Waals surface area (Å²) in [7, 11) is 1.70. The largest absolute Gasteiger partial charge is 0.497 e. The van der Waals surface area contributed by atoms with Crippen molar-refractivity contribution in [3.8, 4) is 5.75 Å². The minimum absolute atomic E-state index is 0.350. The highest BCUT2D eigenvalue weighted by Crippen LogP contribution is 2.25. The molecule has 128 valence electrons. The molecule has 2 N–H and O–H groups in total. The molecule has 1 unspecified atom stereocenters. The molecule has 0 aromatic heterocycles. The van der Waals surface area contributed by atoms with Crippen LogP contribution in [0, 0.1) is 0 Å². The number of methoxy groups -OCH3 is 1. The first-order chi connectivity index (χ1) is 11.2. The molecular formula is C18H29N3OS. The van der Waals surface area contributed by atoms with Gasteiger partial charge in [0, 0.05) is 13.1 Å². The Balaban J connectivity index is 2.02. The van der Waals surface area contributed by atoms with Gasteiger partial charge < -0.3 is 15.4 Å². The second kappa shape index (κ2) is 9.73. The second-order valence-corrected chi connectivity index (χ2v) is 6.43. The SMILES string of the molecule is CCCNC(=S)NCC(c1ccc(OC)cc1)N1CCCCC1. The Morgan fingerprint density at radius 1 is 1.17 bits per heavy atom. The first-order valence-corrected chi connectivity index (χ1v) is 9.05. The van der Waals surface area contributed by atoms with E-state index in [-0.39, 0.29) is 0 Å². The number of ether oxygens (including phenoxy) is 1. The zero-order valence-corrected chi connectivity index (χ0v) is 15.1. The summed E-state index contributed by atoms with van der Waals surface area (Å²) in [4.78, 5) is 2.57. The van der Waals surface area contributed by atoms with Gasteiger partial charge in [0.2, 0.25) is 0 Å². The maximum atomic E-state index is 5.37. The van der Waals surface area contributed by atoms with Crippen LogP contribution < -0.4 is 15.4 Å². The van der Waals surface area contributed by atoms with E-state index < -0.39 is 0 Å². The van der Waals surface area contributed by atoms with Crippen LogP contribution in [0.15, 0.2) is 24.3 Å². The van der Waals surface area contributed by atoms with Gasteiger partial charge >= 0.3 is 0 Å². The summed E-state index contributed by atoms with van der Waals surface area (Å²) in [5, 5.41) is 7.38. The first-order valence-electron chi connectivity index (χ1n) is 8.64. The van der Waals surface area contributed by atoms with Gasteiger partial charge in [0.1, 0.15) is 5.75 Å². The average molecular weight is 336 g/mol. The lowest BCUT2D eigenvalue weighted by Gasteiger charge is -2.35. The fourth-order valence-corrected chi connectivity index (χ4v) is 3.19. The molecule has 1 aliphatic rings. The normalized spacial score (nSPS) is 16.6. The zero-order valence-electron chi connectivity index (χ0n) is 14.3. The minimum atomic E-state index is 0.350. The van der Waals surface area contributed by atoms with Gasteiger partial charge in [-0.3, -0.25) is 4.90 Å². The van der Waals surface area contributed by atoms with E-state index in [4.69, 9.17) is 17.0 Å². The summed E-state index contributed by atoms with van der Waals surface area (Å²) in [5.41, 5.74) is 1.32. The molecule has 1 heterocycles. The summed E-state index contributed by atoms with van der Waals surface area (Å²) in [6.45, 7) is 6.22. The summed E-state index contributed by atoms with van der Waals surface area (Å²) in [5.74, 6) is 0.902. The van der Waals surface area contributed by atoms with Crippen LogP contribution in [0.25, 0.3) is 0 Å².